The minimum absolute atomic E-state index is 0.112. The van der Waals surface area contributed by atoms with Gasteiger partial charge in [0.05, 0.1) is 11.7 Å². The molecule has 3 nitrogen and oxygen atoms in total. The maximum absolute atomic E-state index is 11.8. The first-order chi connectivity index (χ1) is 7.43. The monoisotopic (exact) mass is 348 g/mol. The first-order valence-electron chi connectivity index (χ1n) is 4.94. The Kier molecular flexibility index (Phi) is 4.95. The zero-order chi connectivity index (χ0) is 12.3. The van der Waals surface area contributed by atoms with Crippen LogP contribution in [0.5, 0.6) is 0 Å². The number of nitrogens with one attached hydrogen (secondary N) is 1. The Morgan fingerprint density at radius 1 is 1.31 bits per heavy atom. The van der Waals surface area contributed by atoms with Gasteiger partial charge in [0, 0.05) is 8.95 Å². The van der Waals surface area contributed by atoms with Crippen LogP contribution in [0, 0.1) is 5.92 Å². The molecule has 5 heteroatoms. The van der Waals surface area contributed by atoms with Crippen LogP contribution in [0.3, 0.4) is 0 Å². The number of para-hydroxylation sites is 1. The lowest BCUT2D eigenvalue weighted by Crippen LogP contribution is -2.39. The number of amides is 1. The highest BCUT2D eigenvalue weighted by Gasteiger charge is 2.18. The number of carbonyl (C=O) groups excluding carboxylic acids is 1. The molecule has 0 heterocycles. The second-order valence-corrected chi connectivity index (χ2v) is 5.56. The minimum Gasteiger partial charge on any atom is -0.323 e. The molecule has 0 saturated heterocycles. The fraction of sp³-hybridized carbons (Fsp3) is 0.364. The van der Waals surface area contributed by atoms with Crippen LogP contribution in [0.2, 0.25) is 0 Å². The van der Waals surface area contributed by atoms with Crippen molar-refractivity contribution >= 4 is 43.5 Å². The van der Waals surface area contributed by atoms with Gasteiger partial charge in [-0.25, -0.2) is 0 Å². The van der Waals surface area contributed by atoms with E-state index in [9.17, 15) is 4.79 Å². The molecule has 0 unspecified atom stereocenters. The lowest BCUT2D eigenvalue weighted by atomic mass is 10.1. The zero-order valence-electron chi connectivity index (χ0n) is 9.13. The first kappa shape index (κ1) is 13.7. The summed E-state index contributed by atoms with van der Waals surface area (Å²) in [5.41, 5.74) is 6.48. The van der Waals surface area contributed by atoms with E-state index in [2.05, 4.69) is 37.2 Å². The van der Waals surface area contributed by atoms with Crippen LogP contribution in [0.25, 0.3) is 0 Å². The van der Waals surface area contributed by atoms with Crippen molar-refractivity contribution in [2.24, 2.45) is 11.7 Å². The number of hydrogen-bond acceptors (Lipinski definition) is 2. The lowest BCUT2D eigenvalue weighted by Gasteiger charge is -2.16. The third-order valence-electron chi connectivity index (χ3n) is 2.23. The van der Waals surface area contributed by atoms with Crippen LogP contribution < -0.4 is 11.1 Å². The summed E-state index contributed by atoms with van der Waals surface area (Å²) in [5.74, 6) is -0.0659. The number of nitrogens with two attached hydrogens (primary N) is 1. The molecule has 1 amide bonds. The first-order valence-corrected chi connectivity index (χ1v) is 6.52. The molecule has 0 saturated carbocycles. The van der Waals surface area contributed by atoms with E-state index in [4.69, 9.17) is 5.73 Å². The molecule has 1 aromatic rings. The molecule has 0 aliphatic rings. The highest BCUT2D eigenvalue weighted by Crippen LogP contribution is 2.30. The van der Waals surface area contributed by atoms with Crippen molar-refractivity contribution in [2.75, 3.05) is 5.32 Å². The van der Waals surface area contributed by atoms with E-state index in [1.165, 1.54) is 0 Å². The van der Waals surface area contributed by atoms with E-state index in [0.29, 0.717) is 5.69 Å². The molecule has 0 aliphatic carbocycles. The van der Waals surface area contributed by atoms with Crippen LogP contribution in [0.4, 0.5) is 5.69 Å². The number of hydrogen-bond donors (Lipinski definition) is 2. The summed E-state index contributed by atoms with van der Waals surface area (Å²) in [7, 11) is 0. The van der Waals surface area contributed by atoms with E-state index in [1.54, 1.807) is 0 Å². The summed E-state index contributed by atoms with van der Waals surface area (Å²) in [5, 5.41) is 2.80. The molecule has 0 radical (unpaired) electrons. The summed E-state index contributed by atoms with van der Waals surface area (Å²) in [6.45, 7) is 3.83. The highest BCUT2D eigenvalue weighted by molar-refractivity contribution is 9.11. The quantitative estimate of drug-likeness (QED) is 0.880. The van der Waals surface area contributed by atoms with Crippen molar-refractivity contribution in [3.63, 3.8) is 0 Å². The molecule has 1 aromatic carbocycles. The molecule has 3 N–H and O–H groups in total. The Bertz CT molecular complexity index is 373. The molecule has 1 rings (SSSR count). The van der Waals surface area contributed by atoms with Gasteiger partial charge in [-0.05, 0) is 49.9 Å². The maximum Gasteiger partial charge on any atom is 0.241 e. The van der Waals surface area contributed by atoms with Crippen molar-refractivity contribution in [1.29, 1.82) is 0 Å². The van der Waals surface area contributed by atoms with Gasteiger partial charge in [0.1, 0.15) is 0 Å². The molecule has 88 valence electrons. The molecule has 1 atom stereocenters. The predicted octanol–water partition coefficient (Wildman–Crippen LogP) is 3.13. The fourth-order valence-corrected chi connectivity index (χ4v) is 2.32. The molecular formula is C11H14Br2N2O. The van der Waals surface area contributed by atoms with Gasteiger partial charge in [-0.2, -0.15) is 0 Å². The van der Waals surface area contributed by atoms with E-state index in [0.717, 1.165) is 8.95 Å². The Balaban J connectivity index is 2.85. The Morgan fingerprint density at radius 3 is 2.25 bits per heavy atom. The van der Waals surface area contributed by atoms with Gasteiger partial charge in [0.25, 0.3) is 0 Å². The second-order valence-electron chi connectivity index (χ2n) is 3.86. The largest absolute Gasteiger partial charge is 0.323 e. The number of halogens is 2. The zero-order valence-corrected chi connectivity index (χ0v) is 12.3. The van der Waals surface area contributed by atoms with E-state index in [1.807, 2.05) is 32.0 Å². The van der Waals surface area contributed by atoms with E-state index >= 15 is 0 Å². The van der Waals surface area contributed by atoms with Crippen molar-refractivity contribution in [1.82, 2.24) is 0 Å². The third kappa shape index (κ3) is 3.30. The van der Waals surface area contributed by atoms with Crippen LogP contribution in [-0.2, 0) is 4.79 Å². The van der Waals surface area contributed by atoms with Crippen LogP contribution in [0.15, 0.2) is 27.1 Å². The molecule has 16 heavy (non-hydrogen) atoms. The summed E-state index contributed by atoms with van der Waals surface area (Å²) < 4.78 is 1.65. The smallest absolute Gasteiger partial charge is 0.241 e. The Morgan fingerprint density at radius 2 is 1.81 bits per heavy atom. The van der Waals surface area contributed by atoms with Gasteiger partial charge in [-0.1, -0.05) is 19.9 Å². The van der Waals surface area contributed by atoms with Gasteiger partial charge in [0.2, 0.25) is 5.91 Å². The SMILES string of the molecule is CC(C)[C@@H](N)C(=O)Nc1c(Br)cccc1Br. The number of rotatable bonds is 3. The average Bonchev–Trinajstić information content (AvgIpc) is 2.22. The van der Waals surface area contributed by atoms with E-state index < -0.39 is 6.04 Å². The standard InChI is InChI=1S/C11H14Br2N2O/c1-6(2)9(14)11(16)15-10-7(12)4-3-5-8(10)13/h3-6,9H,14H2,1-2H3,(H,15,16)/t9-/m1/s1. The second kappa shape index (κ2) is 5.80. The fourth-order valence-electron chi connectivity index (χ4n) is 1.13. The Hall–Kier alpha value is -0.390. The van der Waals surface area contributed by atoms with Crippen molar-refractivity contribution in [3.8, 4) is 0 Å². The number of anilines is 1. The average molecular weight is 350 g/mol. The third-order valence-corrected chi connectivity index (χ3v) is 3.55. The Labute approximate surface area is 112 Å². The van der Waals surface area contributed by atoms with Gasteiger partial charge in [-0.15, -0.1) is 0 Å². The van der Waals surface area contributed by atoms with Gasteiger partial charge in [-0.3, -0.25) is 4.79 Å². The summed E-state index contributed by atoms with van der Waals surface area (Å²) >= 11 is 6.75. The van der Waals surface area contributed by atoms with Crippen molar-refractivity contribution in [2.45, 2.75) is 19.9 Å². The summed E-state index contributed by atoms with van der Waals surface area (Å²) in [6.07, 6.45) is 0. The molecule has 0 aliphatic heterocycles. The summed E-state index contributed by atoms with van der Waals surface area (Å²) in [6, 6.07) is 5.10. The van der Waals surface area contributed by atoms with Gasteiger partial charge < -0.3 is 11.1 Å². The molecule has 0 bridgehead atoms. The minimum atomic E-state index is -0.501. The number of carbonyl (C=O) groups is 1. The lowest BCUT2D eigenvalue weighted by molar-refractivity contribution is -0.118. The van der Waals surface area contributed by atoms with Gasteiger partial charge >= 0.3 is 0 Å². The summed E-state index contributed by atoms with van der Waals surface area (Å²) in [4.78, 5) is 11.8. The van der Waals surface area contributed by atoms with Gasteiger partial charge in [0.15, 0.2) is 0 Å². The number of benzene rings is 1. The van der Waals surface area contributed by atoms with E-state index in [-0.39, 0.29) is 11.8 Å². The van der Waals surface area contributed by atoms with Crippen LogP contribution >= 0.6 is 31.9 Å². The molecule has 0 aromatic heterocycles. The van der Waals surface area contributed by atoms with Crippen LogP contribution in [-0.4, -0.2) is 11.9 Å². The molecule has 0 spiro atoms. The van der Waals surface area contributed by atoms with Crippen molar-refractivity contribution < 1.29 is 4.79 Å². The van der Waals surface area contributed by atoms with Crippen LogP contribution in [0.1, 0.15) is 13.8 Å². The maximum atomic E-state index is 11.8. The topological polar surface area (TPSA) is 55.1 Å². The molecule has 0 fully saturated rings. The molecular weight excluding hydrogens is 336 g/mol. The normalized spacial score (nSPS) is 12.6. The van der Waals surface area contributed by atoms with Crippen molar-refractivity contribution in [3.05, 3.63) is 27.1 Å². The highest BCUT2D eigenvalue weighted by atomic mass is 79.9. The predicted molar refractivity (Wildman–Crippen MR) is 73.3 cm³/mol.